The molecule has 4 aliphatic carbocycles. The minimum Gasteiger partial charge on any atom is -0.0847 e. The van der Waals surface area contributed by atoms with Crippen LogP contribution in [0.3, 0.4) is 0 Å². The Labute approximate surface area is 167 Å². The van der Waals surface area contributed by atoms with Crippen LogP contribution >= 0.6 is 0 Å². The van der Waals surface area contributed by atoms with Gasteiger partial charge in [0.2, 0.25) is 0 Å². The smallest absolute Gasteiger partial charge is 0.00233 e. The normalized spacial score (nSPS) is 28.0. The molecule has 2 fully saturated rings. The average molecular weight is 363 g/mol. The summed E-state index contributed by atoms with van der Waals surface area (Å²) in [6.45, 7) is 2.34. The van der Waals surface area contributed by atoms with E-state index < -0.39 is 0 Å². The second-order valence-electron chi connectivity index (χ2n) is 9.51. The molecule has 0 aromatic heterocycles. The predicted molar refractivity (Wildman–Crippen MR) is 118 cm³/mol. The van der Waals surface area contributed by atoms with E-state index in [9.17, 15) is 0 Å². The van der Waals surface area contributed by atoms with Crippen LogP contribution in [-0.2, 0) is 0 Å². The lowest BCUT2D eigenvalue weighted by Crippen LogP contribution is -2.13. The molecular weight excluding hydrogens is 324 g/mol. The fourth-order valence-electron chi connectivity index (χ4n) is 5.82. The Bertz CT molecular complexity index is 630. The second-order valence-corrected chi connectivity index (χ2v) is 9.51. The highest BCUT2D eigenvalue weighted by molar-refractivity contribution is 5.39. The van der Waals surface area contributed by atoms with Crippen molar-refractivity contribution in [3.63, 3.8) is 0 Å². The molecule has 0 aliphatic heterocycles. The van der Waals surface area contributed by atoms with Gasteiger partial charge in [-0.25, -0.2) is 0 Å². The fourth-order valence-corrected chi connectivity index (χ4v) is 5.82. The first-order chi connectivity index (χ1) is 13.3. The first-order valence-corrected chi connectivity index (χ1v) is 11.7. The molecule has 0 aromatic carbocycles. The van der Waals surface area contributed by atoms with E-state index >= 15 is 0 Å². The van der Waals surface area contributed by atoms with Crippen molar-refractivity contribution in [3.8, 4) is 0 Å². The zero-order chi connectivity index (χ0) is 18.5. The standard InChI is InChI=1S/C27H38/c1-21(18-22-10-8-9-11-22)16-17-25-19-26(23-12-4-2-5-13-23)20-27(25)24-14-6-3-7-15-24/h8-11,16,19-20,22-25H,2-7,12-15,17-18H2,1H3/b21-16+. The van der Waals surface area contributed by atoms with Crippen molar-refractivity contribution in [3.05, 3.63) is 59.3 Å². The van der Waals surface area contributed by atoms with Crippen molar-refractivity contribution in [2.75, 3.05) is 0 Å². The lowest BCUT2D eigenvalue weighted by atomic mass is 9.78. The first kappa shape index (κ1) is 19.0. The lowest BCUT2D eigenvalue weighted by Gasteiger charge is -2.27. The monoisotopic (exact) mass is 362 g/mol. The van der Waals surface area contributed by atoms with Crippen LogP contribution in [0.1, 0.15) is 84.0 Å². The van der Waals surface area contributed by atoms with E-state index in [4.69, 9.17) is 0 Å². The van der Waals surface area contributed by atoms with Crippen LogP contribution in [0.25, 0.3) is 0 Å². The third kappa shape index (κ3) is 4.95. The molecule has 4 aliphatic rings. The number of hydrogen-bond donors (Lipinski definition) is 0. The van der Waals surface area contributed by atoms with E-state index in [0.717, 1.165) is 11.8 Å². The van der Waals surface area contributed by atoms with E-state index in [1.165, 1.54) is 77.0 Å². The Balaban J connectivity index is 1.45. The third-order valence-electron chi connectivity index (χ3n) is 7.41. The second kappa shape index (κ2) is 9.26. The lowest BCUT2D eigenvalue weighted by molar-refractivity contribution is 0.385. The summed E-state index contributed by atoms with van der Waals surface area (Å²) in [4.78, 5) is 0. The van der Waals surface area contributed by atoms with Gasteiger partial charge in [-0.2, -0.15) is 0 Å². The Morgan fingerprint density at radius 1 is 0.889 bits per heavy atom. The first-order valence-electron chi connectivity index (χ1n) is 11.7. The molecule has 146 valence electrons. The molecule has 0 amide bonds. The fraction of sp³-hybridized carbons (Fsp3) is 0.630. The third-order valence-corrected chi connectivity index (χ3v) is 7.41. The molecule has 27 heavy (non-hydrogen) atoms. The predicted octanol–water partition coefficient (Wildman–Crippen LogP) is 8.10. The van der Waals surface area contributed by atoms with Crippen LogP contribution < -0.4 is 0 Å². The van der Waals surface area contributed by atoms with Gasteiger partial charge in [0.05, 0.1) is 0 Å². The van der Waals surface area contributed by atoms with Crippen molar-refractivity contribution in [2.45, 2.75) is 84.0 Å². The highest BCUT2D eigenvalue weighted by Crippen LogP contribution is 2.43. The van der Waals surface area contributed by atoms with Gasteiger partial charge in [0.1, 0.15) is 0 Å². The molecule has 0 heteroatoms. The van der Waals surface area contributed by atoms with E-state index in [-0.39, 0.29) is 0 Å². The molecule has 0 heterocycles. The number of allylic oxidation sites excluding steroid dienone is 10. The van der Waals surface area contributed by atoms with E-state index in [1.54, 1.807) is 16.7 Å². The minimum atomic E-state index is 0.631. The molecule has 0 aromatic rings. The summed E-state index contributed by atoms with van der Waals surface area (Å²) in [5.74, 6) is 3.05. The van der Waals surface area contributed by atoms with Gasteiger partial charge < -0.3 is 0 Å². The molecule has 4 rings (SSSR count). The maximum Gasteiger partial charge on any atom is 0.00233 e. The quantitative estimate of drug-likeness (QED) is 0.419. The molecule has 0 radical (unpaired) electrons. The van der Waals surface area contributed by atoms with Crippen molar-refractivity contribution < 1.29 is 0 Å². The number of rotatable bonds is 6. The molecule has 0 saturated heterocycles. The maximum atomic E-state index is 2.69. The summed E-state index contributed by atoms with van der Waals surface area (Å²) in [6, 6.07) is 0. The van der Waals surface area contributed by atoms with Crippen molar-refractivity contribution in [1.29, 1.82) is 0 Å². The van der Waals surface area contributed by atoms with Gasteiger partial charge in [0, 0.05) is 5.92 Å². The summed E-state index contributed by atoms with van der Waals surface area (Å²) >= 11 is 0. The molecular formula is C27H38. The summed E-state index contributed by atoms with van der Waals surface area (Å²) in [6.07, 6.45) is 33.9. The molecule has 0 nitrogen and oxygen atoms in total. The molecule has 0 N–H and O–H groups in total. The SMILES string of the molecule is C/C(=C\CC1C=C(C2CCCCC2)C=C1C1CCCCC1)CC1C=CC=C1. The topological polar surface area (TPSA) is 0 Å². The van der Waals surface area contributed by atoms with E-state index in [1.807, 2.05) is 0 Å². The van der Waals surface area contributed by atoms with Crippen LogP contribution in [0.2, 0.25) is 0 Å². The van der Waals surface area contributed by atoms with E-state index in [0.29, 0.717) is 11.8 Å². The Morgan fingerprint density at radius 2 is 1.52 bits per heavy atom. The highest BCUT2D eigenvalue weighted by atomic mass is 14.3. The zero-order valence-corrected chi connectivity index (χ0v) is 17.3. The van der Waals surface area contributed by atoms with Gasteiger partial charge in [-0.3, -0.25) is 0 Å². The highest BCUT2D eigenvalue weighted by Gasteiger charge is 2.29. The van der Waals surface area contributed by atoms with Crippen LogP contribution in [-0.4, -0.2) is 0 Å². The number of hydrogen-bond acceptors (Lipinski definition) is 0. The molecule has 1 atom stereocenters. The largest absolute Gasteiger partial charge is 0.0847 e. The molecule has 1 unspecified atom stereocenters. The van der Waals surface area contributed by atoms with Gasteiger partial charge in [0.15, 0.2) is 0 Å². The Morgan fingerprint density at radius 3 is 2.19 bits per heavy atom. The van der Waals surface area contributed by atoms with Crippen molar-refractivity contribution >= 4 is 0 Å². The van der Waals surface area contributed by atoms with Gasteiger partial charge in [-0.15, -0.1) is 0 Å². The van der Waals surface area contributed by atoms with Crippen LogP contribution in [0.4, 0.5) is 0 Å². The summed E-state index contributed by atoms with van der Waals surface area (Å²) < 4.78 is 0. The van der Waals surface area contributed by atoms with Crippen molar-refractivity contribution in [2.24, 2.45) is 23.7 Å². The van der Waals surface area contributed by atoms with Gasteiger partial charge >= 0.3 is 0 Å². The van der Waals surface area contributed by atoms with Crippen LogP contribution in [0.15, 0.2) is 59.3 Å². The van der Waals surface area contributed by atoms with E-state index in [2.05, 4.69) is 49.5 Å². The molecule has 0 spiro atoms. The minimum absolute atomic E-state index is 0.631. The summed E-state index contributed by atoms with van der Waals surface area (Å²) in [7, 11) is 0. The van der Waals surface area contributed by atoms with Crippen LogP contribution in [0, 0.1) is 23.7 Å². The van der Waals surface area contributed by atoms with Gasteiger partial charge in [0.25, 0.3) is 0 Å². The average Bonchev–Trinajstić information content (AvgIpc) is 3.37. The summed E-state index contributed by atoms with van der Waals surface area (Å²) in [5, 5.41) is 0. The van der Waals surface area contributed by atoms with Crippen molar-refractivity contribution in [1.82, 2.24) is 0 Å². The Kier molecular flexibility index (Phi) is 6.53. The van der Waals surface area contributed by atoms with Gasteiger partial charge in [-0.1, -0.05) is 92.2 Å². The summed E-state index contributed by atoms with van der Waals surface area (Å²) in [5.41, 5.74) is 5.09. The van der Waals surface area contributed by atoms with Crippen LogP contribution in [0.5, 0.6) is 0 Å². The maximum absolute atomic E-state index is 2.69. The zero-order valence-electron chi connectivity index (χ0n) is 17.3. The Hall–Kier alpha value is -1.30. The molecule has 2 saturated carbocycles. The van der Waals surface area contributed by atoms with Gasteiger partial charge in [-0.05, 0) is 68.8 Å². The molecule has 0 bridgehead atoms.